The molecule has 2 aliphatic carbocycles. The van der Waals surface area contributed by atoms with Crippen molar-refractivity contribution in [3.8, 4) is 5.75 Å². The standard InChI is InChI=1S/C35H45ClN2O5S/c1-6-23(3)34(4,5)22-44(41,42)37-33(40)25-11-15-32-30(18-25)38(19-26-10-13-28(26)31(39)7-2)20-35(21-43-32)16-8-9-24-17-27(36)12-14-29(24)35/h6-7,11-12,14-15,17-18,23,26,28,31,39H,1-2,8-10,13,16,19-22H2,3-5H3,(H,37,40)/t23-,26+,28-,31+,35+/m1/s1. The van der Waals surface area contributed by atoms with Gasteiger partial charge in [0.2, 0.25) is 10.0 Å². The lowest BCUT2D eigenvalue weighted by Gasteiger charge is -2.45. The molecule has 9 heteroatoms. The number of amides is 1. The van der Waals surface area contributed by atoms with Crippen molar-refractivity contribution in [1.82, 2.24) is 4.72 Å². The summed E-state index contributed by atoms with van der Waals surface area (Å²) in [5, 5.41) is 11.3. The molecular formula is C35H45ClN2O5S. The van der Waals surface area contributed by atoms with Crippen LogP contribution in [0.3, 0.4) is 0 Å². The fourth-order valence-corrected chi connectivity index (χ4v) is 9.07. The van der Waals surface area contributed by atoms with Crippen molar-refractivity contribution in [2.24, 2.45) is 23.2 Å². The highest BCUT2D eigenvalue weighted by molar-refractivity contribution is 7.90. The largest absolute Gasteiger partial charge is 0.490 e. The van der Waals surface area contributed by atoms with E-state index in [1.54, 1.807) is 30.4 Å². The van der Waals surface area contributed by atoms with Crippen LogP contribution in [0.4, 0.5) is 5.69 Å². The van der Waals surface area contributed by atoms with Crippen LogP contribution in [0.2, 0.25) is 5.02 Å². The Morgan fingerprint density at radius 2 is 2.00 bits per heavy atom. The van der Waals surface area contributed by atoms with E-state index in [9.17, 15) is 18.3 Å². The average Bonchev–Trinajstić information content (AvgIpc) is 3.10. The van der Waals surface area contributed by atoms with Crippen molar-refractivity contribution in [3.63, 3.8) is 0 Å². The van der Waals surface area contributed by atoms with Gasteiger partial charge in [0.15, 0.2) is 0 Å². The second-order valence-corrected chi connectivity index (χ2v) is 15.9. The molecule has 44 heavy (non-hydrogen) atoms. The number of sulfonamides is 1. The average molecular weight is 641 g/mol. The summed E-state index contributed by atoms with van der Waals surface area (Å²) in [6.07, 6.45) is 7.60. The molecule has 1 amide bonds. The molecule has 0 saturated heterocycles. The number of benzene rings is 2. The maximum Gasteiger partial charge on any atom is 0.264 e. The number of hydrogen-bond donors (Lipinski definition) is 2. The first-order chi connectivity index (χ1) is 20.8. The van der Waals surface area contributed by atoms with Gasteiger partial charge in [-0.05, 0) is 96.7 Å². The van der Waals surface area contributed by atoms with Crippen molar-refractivity contribution >= 4 is 33.2 Å². The van der Waals surface area contributed by atoms with E-state index in [0.29, 0.717) is 25.4 Å². The van der Waals surface area contributed by atoms with Gasteiger partial charge in [0, 0.05) is 29.1 Å². The van der Waals surface area contributed by atoms with Crippen molar-refractivity contribution in [3.05, 3.63) is 83.4 Å². The number of fused-ring (bicyclic) bond motifs is 3. The van der Waals surface area contributed by atoms with Crippen LogP contribution in [0.1, 0.15) is 67.9 Å². The molecule has 2 aromatic rings. The summed E-state index contributed by atoms with van der Waals surface area (Å²) < 4.78 is 35.0. The second-order valence-electron chi connectivity index (χ2n) is 13.7. The van der Waals surface area contributed by atoms with E-state index in [-0.39, 0.29) is 34.5 Å². The number of aliphatic hydroxyl groups is 1. The predicted molar refractivity (Wildman–Crippen MR) is 177 cm³/mol. The van der Waals surface area contributed by atoms with E-state index in [0.717, 1.165) is 42.8 Å². The molecular weight excluding hydrogens is 596 g/mol. The van der Waals surface area contributed by atoms with Crippen molar-refractivity contribution in [2.75, 3.05) is 30.3 Å². The molecule has 1 aliphatic heterocycles. The number of hydrogen-bond acceptors (Lipinski definition) is 6. The highest BCUT2D eigenvalue weighted by Crippen LogP contribution is 2.46. The molecule has 1 heterocycles. The zero-order chi connectivity index (χ0) is 31.9. The number of carbonyl (C=O) groups excluding carboxylic acids is 1. The smallest absolute Gasteiger partial charge is 0.264 e. The Morgan fingerprint density at radius 3 is 2.68 bits per heavy atom. The lowest BCUT2D eigenvalue weighted by Crippen LogP contribution is -2.49. The van der Waals surface area contributed by atoms with Gasteiger partial charge in [-0.3, -0.25) is 4.79 Å². The van der Waals surface area contributed by atoms with Crippen molar-refractivity contribution in [1.29, 1.82) is 0 Å². The van der Waals surface area contributed by atoms with E-state index in [2.05, 4.69) is 34.9 Å². The van der Waals surface area contributed by atoms with Crippen LogP contribution >= 0.6 is 11.6 Å². The van der Waals surface area contributed by atoms with E-state index in [1.807, 2.05) is 26.8 Å². The topological polar surface area (TPSA) is 95.9 Å². The summed E-state index contributed by atoms with van der Waals surface area (Å²) >= 11 is 6.39. The van der Waals surface area contributed by atoms with E-state index >= 15 is 0 Å². The predicted octanol–water partition coefficient (Wildman–Crippen LogP) is 6.29. The molecule has 1 fully saturated rings. The molecule has 1 saturated carbocycles. The Labute approximate surface area is 267 Å². The summed E-state index contributed by atoms with van der Waals surface area (Å²) in [4.78, 5) is 15.7. The number of allylic oxidation sites excluding steroid dienone is 1. The van der Waals surface area contributed by atoms with Gasteiger partial charge in [0.1, 0.15) is 5.75 Å². The third-order valence-electron chi connectivity index (χ3n) is 10.3. The van der Waals surface area contributed by atoms with E-state index in [1.165, 1.54) is 11.1 Å². The van der Waals surface area contributed by atoms with Gasteiger partial charge in [0.25, 0.3) is 5.91 Å². The molecule has 5 atom stereocenters. The number of anilines is 1. The fraction of sp³-hybridized carbons (Fsp3) is 0.514. The maximum absolute atomic E-state index is 13.4. The van der Waals surface area contributed by atoms with E-state index in [4.69, 9.17) is 16.3 Å². The minimum Gasteiger partial charge on any atom is -0.490 e. The van der Waals surface area contributed by atoms with Gasteiger partial charge >= 0.3 is 0 Å². The van der Waals surface area contributed by atoms with Gasteiger partial charge in [-0.2, -0.15) is 0 Å². The summed E-state index contributed by atoms with van der Waals surface area (Å²) in [6, 6.07) is 11.3. The third-order valence-corrected chi connectivity index (χ3v) is 12.2. The first kappa shape index (κ1) is 32.6. The molecule has 0 unspecified atom stereocenters. The molecule has 7 nitrogen and oxygen atoms in total. The summed E-state index contributed by atoms with van der Waals surface area (Å²) in [5.41, 5.74) is 2.60. The van der Waals surface area contributed by atoms with Crippen LogP contribution < -0.4 is 14.4 Å². The molecule has 5 rings (SSSR count). The number of nitrogens with zero attached hydrogens (tertiary/aromatic N) is 1. The van der Waals surface area contributed by atoms with Gasteiger partial charge < -0.3 is 14.7 Å². The minimum atomic E-state index is -3.92. The Morgan fingerprint density at radius 1 is 1.23 bits per heavy atom. The zero-order valence-electron chi connectivity index (χ0n) is 26.0. The molecule has 3 aliphatic rings. The molecule has 238 valence electrons. The summed E-state index contributed by atoms with van der Waals surface area (Å²) in [7, 11) is -3.92. The van der Waals surface area contributed by atoms with Crippen molar-refractivity contribution < 1.29 is 23.1 Å². The lowest BCUT2D eigenvalue weighted by atomic mass is 9.68. The number of aryl methyl sites for hydroxylation is 1. The zero-order valence-corrected chi connectivity index (χ0v) is 27.6. The quantitative estimate of drug-likeness (QED) is 0.296. The van der Waals surface area contributed by atoms with Crippen molar-refractivity contribution in [2.45, 2.75) is 64.4 Å². The molecule has 0 aromatic heterocycles. The van der Waals surface area contributed by atoms with Crippen LogP contribution in [0.5, 0.6) is 5.75 Å². The maximum atomic E-state index is 13.4. The Balaban J connectivity index is 1.47. The fourth-order valence-electron chi connectivity index (χ4n) is 7.16. The van der Waals surface area contributed by atoms with Gasteiger partial charge in [-0.1, -0.05) is 50.6 Å². The molecule has 1 spiro atoms. The number of carbonyl (C=O) groups is 1. The second kappa shape index (κ2) is 12.5. The molecule has 2 aromatic carbocycles. The van der Waals surface area contributed by atoms with Gasteiger partial charge in [0.05, 0.1) is 24.2 Å². The number of halogens is 1. The third kappa shape index (κ3) is 6.58. The number of aliphatic hydroxyl groups excluding tert-OH is 1. The minimum absolute atomic E-state index is 0.0596. The van der Waals surface area contributed by atoms with Crippen LogP contribution in [0.25, 0.3) is 0 Å². The Hall–Kier alpha value is -2.81. The Kier molecular flexibility index (Phi) is 9.28. The lowest BCUT2D eigenvalue weighted by molar-refractivity contribution is 0.0460. The van der Waals surface area contributed by atoms with Crippen LogP contribution in [0, 0.1) is 23.2 Å². The number of rotatable bonds is 10. The number of nitrogens with one attached hydrogen (secondary N) is 1. The molecule has 2 N–H and O–H groups in total. The highest BCUT2D eigenvalue weighted by Gasteiger charge is 2.44. The van der Waals surface area contributed by atoms with Crippen LogP contribution in [0.15, 0.2) is 61.7 Å². The first-order valence-electron chi connectivity index (χ1n) is 15.6. The molecule has 0 bridgehead atoms. The highest BCUT2D eigenvalue weighted by atomic mass is 35.5. The SMILES string of the molecule is C=C[C@@H](C)C(C)(C)CS(=O)(=O)NC(=O)c1ccc2c(c1)N(C[C@@H]1CC[C@H]1[C@@H](O)C=C)C[C@@]1(CCCc3cc(Cl)ccc31)CO2. The first-order valence-corrected chi connectivity index (χ1v) is 17.6. The Bertz CT molecular complexity index is 1540. The van der Waals surface area contributed by atoms with E-state index < -0.39 is 27.4 Å². The van der Waals surface area contributed by atoms with Gasteiger partial charge in [-0.25, -0.2) is 13.1 Å². The van der Waals surface area contributed by atoms with Crippen LogP contribution in [-0.4, -0.2) is 51.0 Å². The monoisotopic (exact) mass is 640 g/mol. The molecule has 0 radical (unpaired) electrons. The summed E-state index contributed by atoms with van der Waals surface area (Å²) in [6.45, 7) is 15.0. The summed E-state index contributed by atoms with van der Waals surface area (Å²) in [5.74, 6) is 0.0754. The normalized spacial score (nSPS) is 24.5. The number of ether oxygens (including phenoxy) is 1. The van der Waals surface area contributed by atoms with Crippen LogP contribution in [-0.2, 0) is 21.9 Å². The van der Waals surface area contributed by atoms with Gasteiger partial charge in [-0.15, -0.1) is 13.2 Å².